The maximum Gasteiger partial charge on any atom is 0.490 e. The molecular formula is C21H23F3N4O3. The summed E-state index contributed by atoms with van der Waals surface area (Å²) >= 11 is 0. The van der Waals surface area contributed by atoms with Gasteiger partial charge in [-0.2, -0.15) is 13.2 Å². The van der Waals surface area contributed by atoms with Crippen LogP contribution in [0.15, 0.2) is 36.7 Å². The molecule has 3 N–H and O–H groups in total. The molecule has 2 aliphatic rings. The van der Waals surface area contributed by atoms with Crippen LogP contribution in [0.25, 0.3) is 11.3 Å². The predicted molar refractivity (Wildman–Crippen MR) is 106 cm³/mol. The number of hydrogen-bond acceptors (Lipinski definition) is 5. The van der Waals surface area contributed by atoms with Crippen LogP contribution in [0.5, 0.6) is 0 Å². The quantitative estimate of drug-likeness (QED) is 0.680. The molecule has 31 heavy (non-hydrogen) atoms. The Hall–Kier alpha value is -3.01. The molecule has 2 heterocycles. The molecule has 0 radical (unpaired) electrons. The first-order valence-corrected chi connectivity index (χ1v) is 9.98. The van der Waals surface area contributed by atoms with Crippen molar-refractivity contribution in [3.8, 4) is 11.3 Å². The van der Waals surface area contributed by atoms with Crippen LogP contribution in [0, 0.1) is 0 Å². The Morgan fingerprint density at radius 1 is 1.06 bits per heavy atom. The molecule has 10 heteroatoms. The van der Waals surface area contributed by atoms with Gasteiger partial charge in [-0.25, -0.2) is 9.78 Å². The van der Waals surface area contributed by atoms with Gasteiger partial charge in [0.25, 0.3) is 5.91 Å². The van der Waals surface area contributed by atoms with Crippen LogP contribution < -0.4 is 10.6 Å². The van der Waals surface area contributed by atoms with Gasteiger partial charge >= 0.3 is 12.1 Å². The van der Waals surface area contributed by atoms with Crippen molar-refractivity contribution >= 4 is 11.9 Å². The molecule has 1 atom stereocenters. The maximum absolute atomic E-state index is 12.2. The Kier molecular flexibility index (Phi) is 7.21. The first kappa shape index (κ1) is 22.7. The molecule has 2 aromatic rings. The molecule has 1 unspecified atom stereocenters. The van der Waals surface area contributed by atoms with Crippen LogP contribution in [0.1, 0.15) is 47.7 Å². The van der Waals surface area contributed by atoms with Gasteiger partial charge in [0.2, 0.25) is 0 Å². The number of alkyl halides is 3. The van der Waals surface area contributed by atoms with Crippen molar-refractivity contribution in [2.75, 3.05) is 13.1 Å². The van der Waals surface area contributed by atoms with Crippen LogP contribution in [-0.2, 0) is 4.79 Å². The predicted octanol–water partition coefficient (Wildman–Crippen LogP) is 3.14. The fourth-order valence-electron chi connectivity index (χ4n) is 3.30. The van der Waals surface area contributed by atoms with Gasteiger partial charge in [0.1, 0.15) is 5.69 Å². The van der Waals surface area contributed by atoms with Crippen LogP contribution in [-0.4, -0.2) is 52.3 Å². The number of nitrogens with zero attached hydrogens (tertiary/aromatic N) is 2. The fourth-order valence-corrected chi connectivity index (χ4v) is 3.30. The maximum atomic E-state index is 12.2. The van der Waals surface area contributed by atoms with Gasteiger partial charge in [-0.3, -0.25) is 9.78 Å². The standard InChI is InChI=1S/C19H22N4O.C2HF3O2/c24-19(23-16-8-9-20-10-16)18-12-21-17(11-22-18)15-6-4-14(5-7-15)13-2-1-3-13;3-2(4,5)1(6)7/h4-7,11-13,16,20H,1-3,8-10H2,(H,23,24);(H,6,7). The molecule has 1 aromatic heterocycles. The summed E-state index contributed by atoms with van der Waals surface area (Å²) < 4.78 is 31.7. The van der Waals surface area contributed by atoms with Gasteiger partial charge in [-0.1, -0.05) is 30.7 Å². The first-order chi connectivity index (χ1) is 14.7. The molecule has 1 saturated carbocycles. The summed E-state index contributed by atoms with van der Waals surface area (Å²) in [4.78, 5) is 29.8. The number of aliphatic carboxylic acids is 1. The second kappa shape index (κ2) is 9.86. The highest BCUT2D eigenvalue weighted by atomic mass is 19.4. The van der Waals surface area contributed by atoms with E-state index in [0.29, 0.717) is 5.69 Å². The Bertz CT molecular complexity index is 892. The molecule has 1 aliphatic carbocycles. The lowest BCUT2D eigenvalue weighted by Gasteiger charge is -2.25. The Balaban J connectivity index is 0.000000339. The number of hydrogen-bond donors (Lipinski definition) is 3. The van der Waals surface area contributed by atoms with E-state index in [0.717, 1.165) is 36.7 Å². The van der Waals surface area contributed by atoms with Crippen molar-refractivity contribution in [2.45, 2.75) is 43.8 Å². The van der Waals surface area contributed by atoms with Gasteiger partial charge in [0.05, 0.1) is 18.1 Å². The summed E-state index contributed by atoms with van der Waals surface area (Å²) in [6.45, 7) is 1.77. The van der Waals surface area contributed by atoms with E-state index < -0.39 is 12.1 Å². The normalized spacial score (nSPS) is 18.5. The molecule has 0 bridgehead atoms. The Morgan fingerprint density at radius 2 is 1.74 bits per heavy atom. The number of nitrogens with one attached hydrogen (secondary N) is 2. The lowest BCUT2D eigenvalue weighted by molar-refractivity contribution is -0.192. The van der Waals surface area contributed by atoms with Crippen molar-refractivity contribution in [3.05, 3.63) is 47.9 Å². The molecule has 2 fully saturated rings. The number of benzene rings is 1. The second-order valence-electron chi connectivity index (χ2n) is 7.50. The summed E-state index contributed by atoms with van der Waals surface area (Å²) in [5.41, 5.74) is 3.63. The van der Waals surface area contributed by atoms with Gasteiger partial charge in [0.15, 0.2) is 0 Å². The highest BCUT2D eigenvalue weighted by molar-refractivity contribution is 5.92. The van der Waals surface area contributed by atoms with E-state index in [-0.39, 0.29) is 11.9 Å². The molecule has 1 aliphatic heterocycles. The van der Waals surface area contributed by atoms with Gasteiger partial charge in [-0.05, 0) is 37.3 Å². The van der Waals surface area contributed by atoms with E-state index in [9.17, 15) is 18.0 Å². The third kappa shape index (κ3) is 6.24. The van der Waals surface area contributed by atoms with Crippen molar-refractivity contribution in [1.29, 1.82) is 0 Å². The van der Waals surface area contributed by atoms with Gasteiger partial charge in [0, 0.05) is 18.2 Å². The van der Waals surface area contributed by atoms with Gasteiger partial charge < -0.3 is 15.7 Å². The van der Waals surface area contributed by atoms with E-state index in [4.69, 9.17) is 9.90 Å². The third-order valence-corrected chi connectivity index (χ3v) is 5.31. The van der Waals surface area contributed by atoms with E-state index in [1.807, 2.05) is 0 Å². The first-order valence-electron chi connectivity index (χ1n) is 9.98. The highest BCUT2D eigenvalue weighted by Gasteiger charge is 2.38. The fraction of sp³-hybridized carbons (Fsp3) is 0.429. The zero-order chi connectivity index (χ0) is 22.4. The lowest BCUT2D eigenvalue weighted by atomic mass is 9.80. The summed E-state index contributed by atoms with van der Waals surface area (Å²) in [5, 5.41) is 13.3. The second-order valence-corrected chi connectivity index (χ2v) is 7.50. The number of carbonyl (C=O) groups is 2. The minimum Gasteiger partial charge on any atom is -0.475 e. The summed E-state index contributed by atoms with van der Waals surface area (Å²) in [5.74, 6) is -2.17. The summed E-state index contributed by atoms with van der Waals surface area (Å²) in [6.07, 6.45) is 3.08. The zero-order valence-electron chi connectivity index (χ0n) is 16.7. The summed E-state index contributed by atoms with van der Waals surface area (Å²) in [7, 11) is 0. The van der Waals surface area contributed by atoms with Crippen molar-refractivity contribution in [2.24, 2.45) is 0 Å². The number of carboxylic acid groups (broad SMARTS) is 1. The molecule has 1 saturated heterocycles. The molecular weight excluding hydrogens is 413 g/mol. The Labute approximate surface area is 177 Å². The van der Waals surface area contributed by atoms with E-state index in [1.165, 1.54) is 24.8 Å². The lowest BCUT2D eigenvalue weighted by Crippen LogP contribution is -2.36. The van der Waals surface area contributed by atoms with Crippen LogP contribution in [0.3, 0.4) is 0 Å². The van der Waals surface area contributed by atoms with E-state index >= 15 is 0 Å². The van der Waals surface area contributed by atoms with Crippen LogP contribution >= 0.6 is 0 Å². The average molecular weight is 436 g/mol. The van der Waals surface area contributed by atoms with Crippen molar-refractivity contribution < 1.29 is 27.9 Å². The smallest absolute Gasteiger partial charge is 0.475 e. The largest absolute Gasteiger partial charge is 0.490 e. The van der Waals surface area contributed by atoms with Crippen molar-refractivity contribution in [3.63, 3.8) is 0 Å². The number of amides is 1. The van der Waals surface area contributed by atoms with E-state index in [2.05, 4.69) is 44.9 Å². The molecule has 166 valence electrons. The zero-order valence-corrected chi connectivity index (χ0v) is 16.7. The Morgan fingerprint density at radius 3 is 2.19 bits per heavy atom. The minimum atomic E-state index is -5.08. The molecule has 0 spiro atoms. The number of carboxylic acids is 1. The SMILES string of the molecule is O=C(NC1CCNC1)c1cnc(-c2ccc(C3CCC3)cc2)cn1.O=C(O)C(F)(F)F. The number of carbonyl (C=O) groups excluding carboxylic acids is 1. The van der Waals surface area contributed by atoms with Crippen LogP contribution in [0.4, 0.5) is 13.2 Å². The monoisotopic (exact) mass is 436 g/mol. The number of rotatable bonds is 4. The van der Waals surface area contributed by atoms with Crippen LogP contribution in [0.2, 0.25) is 0 Å². The number of halogens is 3. The minimum absolute atomic E-state index is 0.150. The molecule has 1 amide bonds. The van der Waals surface area contributed by atoms with Crippen molar-refractivity contribution in [1.82, 2.24) is 20.6 Å². The van der Waals surface area contributed by atoms with Gasteiger partial charge in [-0.15, -0.1) is 0 Å². The summed E-state index contributed by atoms with van der Waals surface area (Å²) in [6, 6.07) is 8.77. The molecule has 1 aromatic carbocycles. The highest BCUT2D eigenvalue weighted by Crippen LogP contribution is 2.36. The average Bonchev–Trinajstić information content (AvgIpc) is 3.20. The third-order valence-electron chi connectivity index (χ3n) is 5.31. The molecule has 7 nitrogen and oxygen atoms in total. The number of aromatic nitrogens is 2. The topological polar surface area (TPSA) is 104 Å². The van der Waals surface area contributed by atoms with E-state index in [1.54, 1.807) is 12.4 Å². The molecule has 4 rings (SSSR count).